The number of nitrogens with one attached hydrogen (secondary N) is 1. The highest BCUT2D eigenvalue weighted by atomic mass is 15.4. The lowest BCUT2D eigenvalue weighted by atomic mass is 9.89. The Kier molecular flexibility index (Phi) is 4.44. The van der Waals surface area contributed by atoms with Crippen LogP contribution in [-0.2, 0) is 0 Å². The lowest BCUT2D eigenvalue weighted by molar-refractivity contribution is 0.426. The summed E-state index contributed by atoms with van der Waals surface area (Å²) in [5.74, 6) is 2.64. The average molecular weight is 364 g/mol. The fourth-order valence-corrected chi connectivity index (χ4v) is 4.64. The first-order valence-corrected chi connectivity index (χ1v) is 10.4. The number of aryl methyl sites for hydroxylation is 1. The zero-order valence-electron chi connectivity index (χ0n) is 16.1. The van der Waals surface area contributed by atoms with Gasteiger partial charge < -0.3 is 10.2 Å². The van der Waals surface area contributed by atoms with Gasteiger partial charge in [-0.15, -0.1) is 10.2 Å². The SMILES string of the molecule is Cc1ccc2nc(N3CCCNCC3)n3c(C4CCCCC4)nnc3c2c1. The first-order valence-electron chi connectivity index (χ1n) is 10.4. The third kappa shape index (κ3) is 3.06. The fourth-order valence-electron chi connectivity index (χ4n) is 4.64. The van der Waals surface area contributed by atoms with Crippen LogP contribution in [0, 0.1) is 6.92 Å². The number of nitrogens with zero attached hydrogens (tertiary/aromatic N) is 5. The number of aromatic nitrogens is 4. The van der Waals surface area contributed by atoms with Crippen molar-refractivity contribution < 1.29 is 0 Å². The van der Waals surface area contributed by atoms with Crippen molar-refractivity contribution in [2.75, 3.05) is 31.1 Å². The first kappa shape index (κ1) is 16.9. The summed E-state index contributed by atoms with van der Waals surface area (Å²) in [7, 11) is 0. The number of benzene rings is 1. The fraction of sp³-hybridized carbons (Fsp3) is 0.571. The van der Waals surface area contributed by atoms with Crippen LogP contribution in [0.5, 0.6) is 0 Å². The molecule has 5 rings (SSSR count). The van der Waals surface area contributed by atoms with Crippen LogP contribution in [0.25, 0.3) is 16.6 Å². The Hall–Kier alpha value is -2.21. The molecule has 1 saturated heterocycles. The number of hydrogen-bond donors (Lipinski definition) is 1. The van der Waals surface area contributed by atoms with Gasteiger partial charge in [0, 0.05) is 30.9 Å². The molecular formula is C21H28N6. The molecule has 0 atom stereocenters. The summed E-state index contributed by atoms with van der Waals surface area (Å²) in [5.41, 5.74) is 3.22. The minimum absolute atomic E-state index is 0.502. The zero-order chi connectivity index (χ0) is 18.2. The Bertz CT molecular complexity index is 948. The first-order chi connectivity index (χ1) is 13.3. The number of anilines is 1. The van der Waals surface area contributed by atoms with Crippen LogP contribution in [0.1, 0.15) is 55.8 Å². The smallest absolute Gasteiger partial charge is 0.213 e. The van der Waals surface area contributed by atoms with Crippen molar-refractivity contribution >= 4 is 22.5 Å². The third-order valence-corrected chi connectivity index (χ3v) is 6.09. The maximum Gasteiger partial charge on any atom is 0.213 e. The van der Waals surface area contributed by atoms with E-state index in [-0.39, 0.29) is 0 Å². The van der Waals surface area contributed by atoms with E-state index in [9.17, 15) is 0 Å². The molecule has 6 heteroatoms. The molecule has 6 nitrogen and oxygen atoms in total. The standard InChI is InChI=1S/C21H28N6/c1-15-8-9-18-17(14-15)20-25-24-19(16-6-3-2-4-7-16)27(20)21(23-18)26-12-5-10-22-11-13-26/h8-9,14,16,22H,2-7,10-13H2,1H3. The minimum Gasteiger partial charge on any atom is -0.341 e. The molecule has 142 valence electrons. The normalized spacial score (nSPS) is 19.7. The quantitative estimate of drug-likeness (QED) is 0.755. The predicted octanol–water partition coefficient (Wildman–Crippen LogP) is 3.43. The second-order valence-corrected chi connectivity index (χ2v) is 8.08. The van der Waals surface area contributed by atoms with Gasteiger partial charge in [0.15, 0.2) is 5.65 Å². The Morgan fingerprint density at radius 2 is 1.89 bits per heavy atom. The summed E-state index contributed by atoms with van der Waals surface area (Å²) in [5, 5.41) is 14.0. The summed E-state index contributed by atoms with van der Waals surface area (Å²) >= 11 is 0. The molecule has 3 aromatic rings. The number of rotatable bonds is 2. The molecular weight excluding hydrogens is 336 g/mol. The molecule has 2 aliphatic rings. The van der Waals surface area contributed by atoms with Crippen molar-refractivity contribution in [1.82, 2.24) is 24.9 Å². The second-order valence-electron chi connectivity index (χ2n) is 8.08. The van der Waals surface area contributed by atoms with Gasteiger partial charge in [-0.25, -0.2) is 9.38 Å². The van der Waals surface area contributed by atoms with Gasteiger partial charge in [-0.2, -0.15) is 0 Å². The Morgan fingerprint density at radius 1 is 1.00 bits per heavy atom. The highest BCUT2D eigenvalue weighted by molar-refractivity contribution is 5.93. The topological polar surface area (TPSA) is 58.4 Å². The van der Waals surface area contributed by atoms with Crippen LogP contribution in [0.15, 0.2) is 18.2 Å². The van der Waals surface area contributed by atoms with Gasteiger partial charge in [-0.3, -0.25) is 0 Å². The molecule has 1 aliphatic carbocycles. The monoisotopic (exact) mass is 364 g/mol. The predicted molar refractivity (Wildman–Crippen MR) is 109 cm³/mol. The van der Waals surface area contributed by atoms with Crippen molar-refractivity contribution in [1.29, 1.82) is 0 Å². The van der Waals surface area contributed by atoms with E-state index in [0.717, 1.165) is 60.9 Å². The molecule has 0 spiro atoms. The van der Waals surface area contributed by atoms with Gasteiger partial charge in [0.2, 0.25) is 5.95 Å². The van der Waals surface area contributed by atoms with E-state index >= 15 is 0 Å². The molecule has 2 fully saturated rings. The summed E-state index contributed by atoms with van der Waals surface area (Å²) in [6.07, 6.45) is 7.50. The van der Waals surface area contributed by atoms with Crippen LogP contribution in [-0.4, -0.2) is 45.8 Å². The van der Waals surface area contributed by atoms with Crippen LogP contribution < -0.4 is 10.2 Å². The summed E-state index contributed by atoms with van der Waals surface area (Å²) in [6.45, 7) is 6.19. The average Bonchev–Trinajstić information content (AvgIpc) is 2.97. The van der Waals surface area contributed by atoms with Gasteiger partial charge in [0.25, 0.3) is 0 Å². The largest absolute Gasteiger partial charge is 0.341 e. The van der Waals surface area contributed by atoms with Crippen LogP contribution >= 0.6 is 0 Å². The van der Waals surface area contributed by atoms with Gasteiger partial charge >= 0.3 is 0 Å². The molecule has 3 heterocycles. The molecule has 0 amide bonds. The van der Waals surface area contributed by atoms with Crippen molar-refractivity contribution in [3.63, 3.8) is 0 Å². The third-order valence-electron chi connectivity index (χ3n) is 6.09. The lowest BCUT2D eigenvalue weighted by Crippen LogP contribution is -2.31. The molecule has 1 aliphatic heterocycles. The van der Waals surface area contributed by atoms with Crippen molar-refractivity contribution in [2.45, 2.75) is 51.4 Å². The van der Waals surface area contributed by atoms with E-state index < -0.39 is 0 Å². The van der Waals surface area contributed by atoms with E-state index in [1.165, 1.54) is 37.7 Å². The Labute approximate surface area is 160 Å². The van der Waals surface area contributed by atoms with Gasteiger partial charge in [-0.05, 0) is 44.9 Å². The lowest BCUT2D eigenvalue weighted by Gasteiger charge is -2.25. The number of hydrogen-bond acceptors (Lipinski definition) is 5. The molecule has 1 saturated carbocycles. The Balaban J connectivity index is 1.73. The highest BCUT2D eigenvalue weighted by Crippen LogP contribution is 2.34. The zero-order valence-corrected chi connectivity index (χ0v) is 16.1. The van der Waals surface area contributed by atoms with E-state index in [4.69, 9.17) is 10.1 Å². The summed E-state index contributed by atoms with van der Waals surface area (Å²) in [6, 6.07) is 6.46. The molecule has 0 unspecified atom stereocenters. The van der Waals surface area contributed by atoms with Crippen molar-refractivity contribution in [3.05, 3.63) is 29.6 Å². The van der Waals surface area contributed by atoms with Gasteiger partial charge in [-0.1, -0.05) is 30.9 Å². The van der Waals surface area contributed by atoms with Gasteiger partial charge in [0.1, 0.15) is 5.82 Å². The molecule has 0 bridgehead atoms. The molecule has 27 heavy (non-hydrogen) atoms. The molecule has 1 N–H and O–H groups in total. The molecule has 0 radical (unpaired) electrons. The van der Waals surface area contributed by atoms with Crippen LogP contribution in [0.4, 0.5) is 5.95 Å². The minimum atomic E-state index is 0.502. The maximum atomic E-state index is 5.12. The van der Waals surface area contributed by atoms with Crippen LogP contribution in [0.3, 0.4) is 0 Å². The second kappa shape index (κ2) is 7.08. The van der Waals surface area contributed by atoms with E-state index in [1.807, 2.05) is 0 Å². The Morgan fingerprint density at radius 3 is 2.78 bits per heavy atom. The van der Waals surface area contributed by atoms with Crippen LogP contribution in [0.2, 0.25) is 0 Å². The summed E-state index contributed by atoms with van der Waals surface area (Å²) < 4.78 is 2.28. The highest BCUT2D eigenvalue weighted by Gasteiger charge is 2.26. The van der Waals surface area contributed by atoms with Crippen molar-refractivity contribution in [3.8, 4) is 0 Å². The summed E-state index contributed by atoms with van der Waals surface area (Å²) in [4.78, 5) is 7.54. The molecule has 2 aromatic heterocycles. The number of fused-ring (bicyclic) bond motifs is 3. The van der Waals surface area contributed by atoms with E-state index in [2.05, 4.69) is 44.8 Å². The maximum absolute atomic E-state index is 5.12. The van der Waals surface area contributed by atoms with E-state index in [0.29, 0.717) is 5.92 Å². The van der Waals surface area contributed by atoms with Gasteiger partial charge in [0.05, 0.1) is 5.52 Å². The van der Waals surface area contributed by atoms with Crippen molar-refractivity contribution in [2.24, 2.45) is 0 Å². The van der Waals surface area contributed by atoms with E-state index in [1.54, 1.807) is 0 Å². The molecule has 1 aromatic carbocycles.